The molecule has 0 aliphatic carbocycles. The summed E-state index contributed by atoms with van der Waals surface area (Å²) in [5.74, 6) is 3.41. The Morgan fingerprint density at radius 3 is 2.84 bits per heavy atom. The van der Waals surface area contributed by atoms with E-state index in [-0.39, 0.29) is 5.69 Å². The molecule has 5 heteroatoms. The minimum atomic E-state index is -0.469. The Labute approximate surface area is 111 Å². The average Bonchev–Trinajstić information content (AvgIpc) is 2.45. The number of benzene rings is 1. The van der Waals surface area contributed by atoms with Crippen LogP contribution in [0.2, 0.25) is 0 Å². The molecule has 0 saturated carbocycles. The zero-order valence-corrected chi connectivity index (χ0v) is 10.5. The maximum absolute atomic E-state index is 10.7. The fourth-order valence-corrected chi connectivity index (χ4v) is 1.99. The van der Waals surface area contributed by atoms with Gasteiger partial charge >= 0.3 is 0 Å². The maximum Gasteiger partial charge on any atom is 0.270 e. The molecule has 1 fully saturated rings. The first-order valence-corrected chi connectivity index (χ1v) is 6.16. The standard InChI is InChI=1S/C14H15NO4/c1-2-12-9-13(15(16)17)3-4-14(12)19-10-11-5-7-18-8-6-11/h1,3-4,9,11H,5-8,10H2. The molecule has 2 rings (SSSR count). The maximum atomic E-state index is 10.7. The zero-order chi connectivity index (χ0) is 13.7. The molecular weight excluding hydrogens is 246 g/mol. The average molecular weight is 261 g/mol. The number of hydrogen-bond acceptors (Lipinski definition) is 4. The first-order valence-electron chi connectivity index (χ1n) is 6.16. The highest BCUT2D eigenvalue weighted by Crippen LogP contribution is 2.25. The van der Waals surface area contributed by atoms with Crippen molar-refractivity contribution in [2.75, 3.05) is 19.8 Å². The SMILES string of the molecule is C#Cc1cc([N+](=O)[O-])ccc1OCC1CCOCC1. The number of ether oxygens (including phenoxy) is 2. The highest BCUT2D eigenvalue weighted by Gasteiger charge is 2.16. The molecule has 0 radical (unpaired) electrons. The smallest absolute Gasteiger partial charge is 0.270 e. The van der Waals surface area contributed by atoms with Crippen molar-refractivity contribution < 1.29 is 14.4 Å². The lowest BCUT2D eigenvalue weighted by atomic mass is 10.0. The van der Waals surface area contributed by atoms with Gasteiger partial charge in [-0.15, -0.1) is 6.42 Å². The molecule has 0 atom stereocenters. The van der Waals surface area contributed by atoms with Gasteiger partial charge in [0, 0.05) is 25.3 Å². The molecule has 19 heavy (non-hydrogen) atoms. The van der Waals surface area contributed by atoms with Crippen molar-refractivity contribution in [1.29, 1.82) is 0 Å². The molecule has 1 saturated heterocycles. The number of hydrogen-bond donors (Lipinski definition) is 0. The first kappa shape index (κ1) is 13.4. The highest BCUT2D eigenvalue weighted by molar-refractivity contribution is 5.51. The van der Waals surface area contributed by atoms with Gasteiger partial charge in [0.15, 0.2) is 0 Å². The Bertz CT molecular complexity index is 501. The Kier molecular flexibility index (Phi) is 4.37. The number of terminal acetylenes is 1. The molecular formula is C14H15NO4. The van der Waals surface area contributed by atoms with E-state index in [9.17, 15) is 10.1 Å². The lowest BCUT2D eigenvalue weighted by Crippen LogP contribution is -2.21. The Morgan fingerprint density at radius 1 is 1.47 bits per heavy atom. The van der Waals surface area contributed by atoms with Crippen LogP contribution in [-0.2, 0) is 4.74 Å². The van der Waals surface area contributed by atoms with Crippen LogP contribution in [0.25, 0.3) is 0 Å². The molecule has 0 bridgehead atoms. The topological polar surface area (TPSA) is 61.6 Å². The molecule has 1 aliphatic rings. The van der Waals surface area contributed by atoms with Crippen molar-refractivity contribution >= 4 is 5.69 Å². The number of nitrogens with zero attached hydrogens (tertiary/aromatic N) is 1. The number of nitro benzene ring substituents is 1. The highest BCUT2D eigenvalue weighted by atomic mass is 16.6. The van der Waals surface area contributed by atoms with Crippen LogP contribution in [0.3, 0.4) is 0 Å². The van der Waals surface area contributed by atoms with Gasteiger partial charge in [-0.3, -0.25) is 10.1 Å². The monoisotopic (exact) mass is 261 g/mol. The first-order chi connectivity index (χ1) is 9.20. The third-order valence-electron chi connectivity index (χ3n) is 3.14. The van der Waals surface area contributed by atoms with Gasteiger partial charge in [0.1, 0.15) is 5.75 Å². The van der Waals surface area contributed by atoms with Crippen LogP contribution in [-0.4, -0.2) is 24.7 Å². The summed E-state index contributed by atoms with van der Waals surface area (Å²) in [7, 11) is 0. The summed E-state index contributed by atoms with van der Waals surface area (Å²) >= 11 is 0. The van der Waals surface area contributed by atoms with Crippen LogP contribution in [0.4, 0.5) is 5.69 Å². The summed E-state index contributed by atoms with van der Waals surface area (Å²) in [6, 6.07) is 4.33. The van der Waals surface area contributed by atoms with E-state index in [0.717, 1.165) is 26.1 Å². The molecule has 0 unspecified atom stereocenters. The van der Waals surface area contributed by atoms with E-state index in [0.29, 0.717) is 23.8 Å². The summed E-state index contributed by atoms with van der Waals surface area (Å²) in [4.78, 5) is 10.2. The minimum Gasteiger partial charge on any atom is -0.492 e. The van der Waals surface area contributed by atoms with E-state index in [1.807, 2.05) is 0 Å². The minimum absolute atomic E-state index is 0.0219. The van der Waals surface area contributed by atoms with Crippen LogP contribution < -0.4 is 4.74 Å². The summed E-state index contributed by atoms with van der Waals surface area (Å²) in [6.45, 7) is 2.09. The normalized spacial score (nSPS) is 15.7. The predicted molar refractivity (Wildman–Crippen MR) is 70.1 cm³/mol. The van der Waals surface area contributed by atoms with Crippen LogP contribution in [0.15, 0.2) is 18.2 Å². The Balaban J connectivity index is 2.03. The van der Waals surface area contributed by atoms with Gasteiger partial charge in [-0.25, -0.2) is 0 Å². The lowest BCUT2D eigenvalue weighted by Gasteiger charge is -2.22. The van der Waals surface area contributed by atoms with Gasteiger partial charge < -0.3 is 9.47 Å². The molecule has 1 aliphatic heterocycles. The van der Waals surface area contributed by atoms with Crippen LogP contribution in [0.5, 0.6) is 5.75 Å². The Morgan fingerprint density at radius 2 is 2.21 bits per heavy atom. The van der Waals surface area contributed by atoms with E-state index >= 15 is 0 Å². The summed E-state index contributed by atoms with van der Waals surface area (Å²) in [5, 5.41) is 10.7. The third kappa shape index (κ3) is 3.46. The third-order valence-corrected chi connectivity index (χ3v) is 3.14. The molecule has 1 aromatic rings. The van der Waals surface area contributed by atoms with Gasteiger partial charge in [0.05, 0.1) is 17.1 Å². The van der Waals surface area contributed by atoms with Gasteiger partial charge in [0.2, 0.25) is 0 Å². The van der Waals surface area contributed by atoms with Gasteiger partial charge in [0.25, 0.3) is 5.69 Å². The Hall–Kier alpha value is -2.06. The van der Waals surface area contributed by atoms with E-state index in [1.165, 1.54) is 12.1 Å². The largest absolute Gasteiger partial charge is 0.492 e. The van der Waals surface area contributed by atoms with Crippen LogP contribution >= 0.6 is 0 Å². The summed E-state index contributed by atoms with van der Waals surface area (Å²) < 4.78 is 11.0. The molecule has 1 heterocycles. The predicted octanol–water partition coefficient (Wildman–Crippen LogP) is 2.38. The molecule has 1 aromatic carbocycles. The second-order valence-electron chi connectivity index (χ2n) is 4.45. The van der Waals surface area contributed by atoms with E-state index in [1.54, 1.807) is 6.07 Å². The molecule has 0 amide bonds. The van der Waals surface area contributed by atoms with Crippen molar-refractivity contribution in [3.8, 4) is 18.1 Å². The quantitative estimate of drug-likeness (QED) is 0.474. The fourth-order valence-electron chi connectivity index (χ4n) is 1.99. The van der Waals surface area contributed by atoms with Crippen molar-refractivity contribution in [2.45, 2.75) is 12.8 Å². The number of non-ortho nitro benzene ring substituents is 1. The van der Waals surface area contributed by atoms with Crippen LogP contribution in [0, 0.1) is 28.4 Å². The van der Waals surface area contributed by atoms with E-state index < -0.39 is 4.92 Å². The molecule has 0 N–H and O–H groups in total. The van der Waals surface area contributed by atoms with Crippen LogP contribution in [0.1, 0.15) is 18.4 Å². The molecule has 0 aromatic heterocycles. The number of rotatable bonds is 4. The van der Waals surface area contributed by atoms with Gasteiger partial charge in [-0.1, -0.05) is 5.92 Å². The zero-order valence-electron chi connectivity index (χ0n) is 10.5. The molecule has 100 valence electrons. The molecule has 5 nitrogen and oxygen atoms in total. The lowest BCUT2D eigenvalue weighted by molar-refractivity contribution is -0.384. The van der Waals surface area contributed by atoms with Crippen molar-refractivity contribution in [2.24, 2.45) is 5.92 Å². The van der Waals surface area contributed by atoms with Gasteiger partial charge in [-0.2, -0.15) is 0 Å². The summed E-state index contributed by atoms with van der Waals surface area (Å²) in [6.07, 6.45) is 7.30. The second kappa shape index (κ2) is 6.21. The van der Waals surface area contributed by atoms with E-state index in [4.69, 9.17) is 15.9 Å². The van der Waals surface area contributed by atoms with E-state index in [2.05, 4.69) is 5.92 Å². The number of nitro groups is 1. The van der Waals surface area contributed by atoms with Crippen molar-refractivity contribution in [3.05, 3.63) is 33.9 Å². The summed E-state index contributed by atoms with van der Waals surface area (Å²) in [5.41, 5.74) is 0.396. The van der Waals surface area contributed by atoms with Gasteiger partial charge in [-0.05, 0) is 24.8 Å². The fraction of sp³-hybridized carbons (Fsp3) is 0.429. The molecule has 0 spiro atoms. The van der Waals surface area contributed by atoms with Crippen molar-refractivity contribution in [3.63, 3.8) is 0 Å². The second-order valence-corrected chi connectivity index (χ2v) is 4.45. The van der Waals surface area contributed by atoms with Crippen molar-refractivity contribution in [1.82, 2.24) is 0 Å².